The Morgan fingerprint density at radius 1 is 1.19 bits per heavy atom. The highest BCUT2D eigenvalue weighted by Gasteiger charge is 2.43. The summed E-state index contributed by atoms with van der Waals surface area (Å²) in [4.78, 5) is 27.1. The van der Waals surface area contributed by atoms with Gasteiger partial charge in [-0.2, -0.15) is 5.10 Å². The molecule has 1 aromatic heterocycles. The predicted molar refractivity (Wildman–Crippen MR) is 106 cm³/mol. The van der Waals surface area contributed by atoms with Crippen LogP contribution in [0.2, 0.25) is 0 Å². The van der Waals surface area contributed by atoms with Crippen molar-refractivity contribution in [2.75, 3.05) is 12.4 Å². The number of nitrogens with zero attached hydrogens (tertiary/aromatic N) is 3. The summed E-state index contributed by atoms with van der Waals surface area (Å²) >= 11 is 0. The highest BCUT2D eigenvalue weighted by molar-refractivity contribution is 5.98. The van der Waals surface area contributed by atoms with Crippen molar-refractivity contribution in [2.45, 2.75) is 53.1 Å². The van der Waals surface area contributed by atoms with Crippen molar-refractivity contribution in [3.63, 3.8) is 0 Å². The van der Waals surface area contributed by atoms with Crippen molar-refractivity contribution in [2.24, 2.45) is 5.92 Å². The average molecular weight is 368 g/mol. The van der Waals surface area contributed by atoms with Crippen molar-refractivity contribution in [3.8, 4) is 0 Å². The first kappa shape index (κ1) is 19.1. The van der Waals surface area contributed by atoms with Gasteiger partial charge in [0.1, 0.15) is 0 Å². The molecule has 1 saturated heterocycles. The number of rotatable bonds is 4. The highest BCUT2D eigenvalue weighted by Crippen LogP contribution is 2.38. The van der Waals surface area contributed by atoms with E-state index in [0.717, 1.165) is 28.2 Å². The number of likely N-dealkylation sites (tertiary alicyclic amines) is 1. The minimum Gasteiger partial charge on any atom is -0.338 e. The second-order valence-electron chi connectivity index (χ2n) is 7.74. The molecule has 0 spiro atoms. The number of nitrogens with one attached hydrogen (secondary N) is 1. The van der Waals surface area contributed by atoms with Gasteiger partial charge in [-0.3, -0.25) is 14.3 Å². The van der Waals surface area contributed by atoms with Crippen LogP contribution in [0.1, 0.15) is 54.9 Å². The van der Waals surface area contributed by atoms with Gasteiger partial charge in [-0.05, 0) is 40.2 Å². The second-order valence-corrected chi connectivity index (χ2v) is 7.74. The number of carbonyl (C=O) groups excluding carboxylic acids is 2. The number of amides is 2. The third kappa shape index (κ3) is 3.48. The minimum absolute atomic E-state index is 0.00737. The monoisotopic (exact) mass is 368 g/mol. The van der Waals surface area contributed by atoms with Gasteiger partial charge in [-0.1, -0.05) is 29.8 Å². The van der Waals surface area contributed by atoms with Gasteiger partial charge in [0.25, 0.3) is 0 Å². The first-order chi connectivity index (χ1) is 12.7. The summed E-state index contributed by atoms with van der Waals surface area (Å²) in [5.74, 6) is -0.564. The van der Waals surface area contributed by atoms with E-state index in [2.05, 4.69) is 24.3 Å². The Hall–Kier alpha value is -2.63. The third-order valence-electron chi connectivity index (χ3n) is 5.40. The Kier molecular flexibility index (Phi) is 5.09. The summed E-state index contributed by atoms with van der Waals surface area (Å²) in [5.41, 5.74) is 4.61. The van der Waals surface area contributed by atoms with E-state index in [4.69, 9.17) is 0 Å². The van der Waals surface area contributed by atoms with Crippen LogP contribution in [0, 0.1) is 26.7 Å². The van der Waals surface area contributed by atoms with E-state index in [0.29, 0.717) is 0 Å². The molecule has 1 fully saturated rings. The fourth-order valence-electron chi connectivity index (χ4n) is 3.89. The van der Waals surface area contributed by atoms with Crippen LogP contribution in [0.15, 0.2) is 24.3 Å². The molecule has 1 aliphatic rings. The van der Waals surface area contributed by atoms with E-state index < -0.39 is 5.92 Å². The zero-order valence-electron chi connectivity index (χ0n) is 16.9. The zero-order valence-corrected chi connectivity index (χ0v) is 16.9. The van der Waals surface area contributed by atoms with Crippen molar-refractivity contribution >= 4 is 17.5 Å². The van der Waals surface area contributed by atoms with Crippen LogP contribution in [-0.4, -0.2) is 33.5 Å². The molecule has 2 heterocycles. The van der Waals surface area contributed by atoms with Gasteiger partial charge in [0.05, 0.1) is 29.0 Å². The summed E-state index contributed by atoms with van der Waals surface area (Å²) in [7, 11) is 1.77. The lowest BCUT2D eigenvalue weighted by Gasteiger charge is -2.25. The summed E-state index contributed by atoms with van der Waals surface area (Å²) < 4.78 is 1.91. The van der Waals surface area contributed by atoms with Crippen LogP contribution in [0.3, 0.4) is 0 Å². The molecule has 2 aromatic rings. The summed E-state index contributed by atoms with van der Waals surface area (Å²) in [5, 5.41) is 7.58. The Morgan fingerprint density at radius 3 is 2.37 bits per heavy atom. The first-order valence-corrected chi connectivity index (χ1v) is 9.39. The number of hydrogen-bond donors (Lipinski definition) is 1. The van der Waals surface area contributed by atoms with Gasteiger partial charge < -0.3 is 10.2 Å². The largest absolute Gasteiger partial charge is 0.338 e. The summed E-state index contributed by atoms with van der Waals surface area (Å²) in [6.07, 6.45) is 0.220. The molecule has 0 radical (unpaired) electrons. The molecule has 6 nitrogen and oxygen atoms in total. The first-order valence-electron chi connectivity index (χ1n) is 9.39. The predicted octanol–water partition coefficient (Wildman–Crippen LogP) is 3.55. The molecule has 0 saturated carbocycles. The lowest BCUT2D eigenvalue weighted by atomic mass is 9.92. The van der Waals surface area contributed by atoms with E-state index >= 15 is 0 Å². The van der Waals surface area contributed by atoms with Crippen LogP contribution in [-0.2, 0) is 9.59 Å². The van der Waals surface area contributed by atoms with Gasteiger partial charge in [-0.25, -0.2) is 0 Å². The minimum atomic E-state index is -0.425. The molecule has 0 unspecified atom stereocenters. The fraction of sp³-hybridized carbons (Fsp3) is 0.476. The van der Waals surface area contributed by atoms with Gasteiger partial charge in [0.15, 0.2) is 0 Å². The number of aryl methyl sites for hydroxylation is 2. The summed E-state index contributed by atoms with van der Waals surface area (Å²) in [6, 6.07) is 8.00. The Morgan fingerprint density at radius 2 is 1.81 bits per heavy atom. The van der Waals surface area contributed by atoms with Crippen molar-refractivity contribution < 1.29 is 9.59 Å². The molecule has 0 aliphatic carbocycles. The SMILES string of the molecule is Cc1ccc([C@H]2[C@H](C(=O)Nc3c(C)nn(C(C)C)c3C)CC(=O)N2C)cc1. The number of aromatic nitrogens is 2. The molecule has 3 rings (SSSR count). The van der Waals surface area contributed by atoms with E-state index in [-0.39, 0.29) is 30.3 Å². The Bertz CT molecular complexity index is 867. The normalized spacial score (nSPS) is 19.8. The van der Waals surface area contributed by atoms with Crippen LogP contribution in [0.4, 0.5) is 5.69 Å². The van der Waals surface area contributed by atoms with Crippen LogP contribution < -0.4 is 5.32 Å². The quantitative estimate of drug-likeness (QED) is 0.897. The Balaban J connectivity index is 1.89. The average Bonchev–Trinajstić information content (AvgIpc) is 3.07. The number of benzene rings is 1. The Labute approximate surface area is 160 Å². The standard InChI is InChI=1S/C21H28N4O2/c1-12(2)25-15(5)19(14(4)23-25)22-21(27)17-11-18(26)24(6)20(17)16-9-7-13(3)8-10-16/h7-10,12,17,20H,11H2,1-6H3,(H,22,27)/t17-,20+/m1/s1. The van der Waals surface area contributed by atoms with E-state index in [1.807, 2.05) is 49.7 Å². The topological polar surface area (TPSA) is 67.2 Å². The fourth-order valence-corrected chi connectivity index (χ4v) is 3.89. The number of hydrogen-bond acceptors (Lipinski definition) is 3. The number of anilines is 1. The second kappa shape index (κ2) is 7.18. The summed E-state index contributed by atoms with van der Waals surface area (Å²) in [6.45, 7) is 9.99. The molecular formula is C21H28N4O2. The van der Waals surface area contributed by atoms with Crippen molar-refractivity contribution in [1.29, 1.82) is 0 Å². The molecule has 1 N–H and O–H groups in total. The molecule has 1 aromatic carbocycles. The molecular weight excluding hydrogens is 340 g/mol. The molecule has 144 valence electrons. The highest BCUT2D eigenvalue weighted by atomic mass is 16.2. The molecule has 2 amide bonds. The van der Waals surface area contributed by atoms with Gasteiger partial charge in [0, 0.05) is 19.5 Å². The van der Waals surface area contributed by atoms with Crippen LogP contribution >= 0.6 is 0 Å². The molecule has 6 heteroatoms. The van der Waals surface area contributed by atoms with Gasteiger partial charge in [0.2, 0.25) is 11.8 Å². The molecule has 1 aliphatic heterocycles. The zero-order chi connectivity index (χ0) is 19.9. The van der Waals surface area contributed by atoms with Gasteiger partial charge >= 0.3 is 0 Å². The van der Waals surface area contributed by atoms with E-state index in [1.54, 1.807) is 11.9 Å². The van der Waals surface area contributed by atoms with E-state index in [9.17, 15) is 9.59 Å². The van der Waals surface area contributed by atoms with Crippen LogP contribution in [0.5, 0.6) is 0 Å². The van der Waals surface area contributed by atoms with Crippen molar-refractivity contribution in [3.05, 3.63) is 46.8 Å². The maximum absolute atomic E-state index is 13.1. The van der Waals surface area contributed by atoms with Gasteiger partial charge in [-0.15, -0.1) is 0 Å². The lowest BCUT2D eigenvalue weighted by molar-refractivity contribution is -0.127. The molecule has 2 atom stereocenters. The van der Waals surface area contributed by atoms with E-state index in [1.165, 1.54) is 0 Å². The lowest BCUT2D eigenvalue weighted by Crippen LogP contribution is -2.30. The number of carbonyl (C=O) groups is 2. The van der Waals surface area contributed by atoms with Crippen molar-refractivity contribution in [1.82, 2.24) is 14.7 Å². The third-order valence-corrected chi connectivity index (χ3v) is 5.40. The smallest absolute Gasteiger partial charge is 0.230 e. The van der Waals surface area contributed by atoms with Crippen LogP contribution in [0.25, 0.3) is 0 Å². The molecule has 27 heavy (non-hydrogen) atoms. The maximum atomic E-state index is 13.1. The maximum Gasteiger partial charge on any atom is 0.230 e. The molecule has 0 bridgehead atoms.